The van der Waals surface area contributed by atoms with Gasteiger partial charge in [-0.3, -0.25) is 0 Å². The van der Waals surface area contributed by atoms with Gasteiger partial charge >= 0.3 is 0 Å². The van der Waals surface area contributed by atoms with Crippen LogP contribution < -0.4 is 11.5 Å². The Labute approximate surface area is 93.5 Å². The molecule has 16 heavy (non-hydrogen) atoms. The number of nitrogens with two attached hydrogens (primary N) is 2. The highest BCUT2D eigenvalue weighted by Gasteiger charge is 2.26. The lowest BCUT2D eigenvalue weighted by atomic mass is 9.90. The lowest BCUT2D eigenvalue weighted by molar-refractivity contribution is 0.325. The summed E-state index contributed by atoms with van der Waals surface area (Å²) in [6, 6.07) is 6.84. The van der Waals surface area contributed by atoms with Gasteiger partial charge in [-0.1, -0.05) is 18.2 Å². The summed E-state index contributed by atoms with van der Waals surface area (Å²) < 4.78 is 0. The van der Waals surface area contributed by atoms with Crippen LogP contribution >= 0.6 is 0 Å². The van der Waals surface area contributed by atoms with E-state index in [-0.39, 0.29) is 17.4 Å². The third-order valence-corrected chi connectivity index (χ3v) is 2.62. The summed E-state index contributed by atoms with van der Waals surface area (Å²) in [7, 11) is 0. The fraction of sp³-hybridized carbons (Fsp3) is 0.167. The van der Waals surface area contributed by atoms with Crippen LogP contribution in [0.15, 0.2) is 48.3 Å². The van der Waals surface area contributed by atoms with Crippen molar-refractivity contribution < 1.29 is 10.2 Å². The van der Waals surface area contributed by atoms with Gasteiger partial charge in [-0.2, -0.15) is 0 Å². The number of hydrogen-bond acceptors (Lipinski definition) is 4. The molecule has 1 aliphatic rings. The van der Waals surface area contributed by atoms with Crippen LogP contribution in [0.25, 0.3) is 0 Å². The number of hydrogen-bond donors (Lipinski definition) is 4. The zero-order valence-electron chi connectivity index (χ0n) is 8.67. The zero-order valence-corrected chi connectivity index (χ0v) is 8.67. The molecule has 0 saturated carbocycles. The molecule has 1 unspecified atom stereocenters. The molecule has 1 atom stereocenters. The average Bonchev–Trinajstić information content (AvgIpc) is 2.22. The maximum Gasteiger partial charge on any atom is 0.141 e. The largest absolute Gasteiger partial charge is 0.509 e. The molecule has 0 aliphatic heterocycles. The molecule has 0 amide bonds. The van der Waals surface area contributed by atoms with Crippen molar-refractivity contribution in [3.63, 3.8) is 0 Å². The number of aromatic hydroxyl groups is 1. The van der Waals surface area contributed by atoms with E-state index >= 15 is 0 Å². The normalized spacial score (nSPS) is 22.9. The van der Waals surface area contributed by atoms with Crippen molar-refractivity contribution in [3.05, 3.63) is 53.8 Å². The highest BCUT2D eigenvalue weighted by Crippen LogP contribution is 2.28. The minimum Gasteiger partial charge on any atom is -0.509 e. The first-order valence-electron chi connectivity index (χ1n) is 4.96. The van der Waals surface area contributed by atoms with E-state index in [0.29, 0.717) is 0 Å². The second kappa shape index (κ2) is 3.66. The van der Waals surface area contributed by atoms with E-state index in [9.17, 15) is 10.2 Å². The molecule has 0 spiro atoms. The van der Waals surface area contributed by atoms with Gasteiger partial charge in [0.05, 0.1) is 0 Å². The number of aliphatic hydroxyl groups is 1. The Morgan fingerprint density at radius 2 is 1.94 bits per heavy atom. The molecular weight excluding hydrogens is 204 g/mol. The van der Waals surface area contributed by atoms with Gasteiger partial charge in [-0.15, -0.1) is 0 Å². The number of aliphatic hydroxyl groups excluding tert-OH is 1. The van der Waals surface area contributed by atoms with Crippen molar-refractivity contribution >= 4 is 0 Å². The maximum absolute atomic E-state index is 9.64. The van der Waals surface area contributed by atoms with Crippen LogP contribution in [0.2, 0.25) is 0 Å². The number of allylic oxidation sites excluding steroid dienone is 2. The first-order valence-corrected chi connectivity index (χ1v) is 4.96. The molecule has 4 heteroatoms. The Kier molecular flexibility index (Phi) is 2.46. The summed E-state index contributed by atoms with van der Waals surface area (Å²) >= 11 is 0. The topological polar surface area (TPSA) is 92.5 Å². The van der Waals surface area contributed by atoms with E-state index in [1.807, 2.05) is 6.07 Å². The van der Waals surface area contributed by atoms with E-state index in [1.54, 1.807) is 36.4 Å². The standard InChI is InChI=1S/C12H14N2O2/c13-12(14)5-4-9(7-11(12)16)8-2-1-3-10(15)6-8/h1-7,9,15-16H,13-14H2. The first-order chi connectivity index (χ1) is 7.49. The summed E-state index contributed by atoms with van der Waals surface area (Å²) in [6.07, 6.45) is 4.93. The second-order valence-electron chi connectivity index (χ2n) is 3.96. The van der Waals surface area contributed by atoms with Crippen LogP contribution in [0.3, 0.4) is 0 Å². The summed E-state index contributed by atoms with van der Waals surface area (Å²) in [5, 5.41) is 19.0. The van der Waals surface area contributed by atoms with Crippen LogP contribution in [0.5, 0.6) is 5.75 Å². The zero-order chi connectivity index (χ0) is 11.8. The molecule has 0 saturated heterocycles. The van der Waals surface area contributed by atoms with E-state index in [2.05, 4.69) is 0 Å². The van der Waals surface area contributed by atoms with Gasteiger partial charge in [0.25, 0.3) is 0 Å². The van der Waals surface area contributed by atoms with Crippen molar-refractivity contribution in [2.24, 2.45) is 11.5 Å². The molecule has 1 aromatic carbocycles. The molecule has 2 rings (SSSR count). The molecule has 1 aliphatic carbocycles. The van der Waals surface area contributed by atoms with Gasteiger partial charge in [0.1, 0.15) is 17.2 Å². The molecule has 0 radical (unpaired) electrons. The second-order valence-corrected chi connectivity index (χ2v) is 3.96. The number of phenols is 1. The first kappa shape index (κ1) is 10.7. The van der Waals surface area contributed by atoms with Crippen LogP contribution in [-0.2, 0) is 0 Å². The van der Waals surface area contributed by atoms with Crippen LogP contribution in [0, 0.1) is 0 Å². The van der Waals surface area contributed by atoms with Gasteiger partial charge in [-0.05, 0) is 29.8 Å². The maximum atomic E-state index is 9.64. The lowest BCUT2D eigenvalue weighted by Crippen LogP contribution is -2.50. The number of benzene rings is 1. The van der Waals surface area contributed by atoms with Crippen LogP contribution in [0.4, 0.5) is 0 Å². The SMILES string of the molecule is NC1(N)C=CC(c2cccc(O)c2)C=C1O. The predicted octanol–water partition coefficient (Wildman–Crippen LogP) is 1.10. The minimum atomic E-state index is -1.28. The van der Waals surface area contributed by atoms with Gasteiger partial charge in [0.2, 0.25) is 0 Å². The third-order valence-electron chi connectivity index (χ3n) is 2.62. The third kappa shape index (κ3) is 1.93. The molecule has 1 aromatic rings. The van der Waals surface area contributed by atoms with Gasteiger partial charge in [-0.25, -0.2) is 0 Å². The van der Waals surface area contributed by atoms with Crippen LogP contribution in [-0.4, -0.2) is 15.9 Å². The monoisotopic (exact) mass is 218 g/mol. The quantitative estimate of drug-likeness (QED) is 0.419. The Morgan fingerprint density at radius 1 is 1.19 bits per heavy atom. The van der Waals surface area contributed by atoms with Crippen LogP contribution in [0.1, 0.15) is 11.5 Å². The molecule has 0 bridgehead atoms. The fourth-order valence-electron chi connectivity index (χ4n) is 1.66. The summed E-state index contributed by atoms with van der Waals surface area (Å²) in [5.74, 6) is 0.00629. The Morgan fingerprint density at radius 3 is 2.56 bits per heavy atom. The summed E-state index contributed by atoms with van der Waals surface area (Å²) in [4.78, 5) is 0. The van der Waals surface area contributed by atoms with Crippen molar-refractivity contribution in [1.82, 2.24) is 0 Å². The van der Waals surface area contributed by atoms with Gasteiger partial charge in [0, 0.05) is 5.92 Å². The van der Waals surface area contributed by atoms with E-state index in [0.717, 1.165) is 5.56 Å². The van der Waals surface area contributed by atoms with Crippen molar-refractivity contribution in [2.75, 3.05) is 0 Å². The Balaban J connectivity index is 2.33. The summed E-state index contributed by atoms with van der Waals surface area (Å²) in [5.41, 5.74) is 10.8. The molecule has 4 nitrogen and oxygen atoms in total. The van der Waals surface area contributed by atoms with E-state index in [4.69, 9.17) is 11.5 Å². The Bertz CT molecular complexity index is 464. The van der Waals surface area contributed by atoms with E-state index in [1.165, 1.54) is 0 Å². The molecule has 84 valence electrons. The van der Waals surface area contributed by atoms with Gasteiger partial charge < -0.3 is 21.7 Å². The predicted molar refractivity (Wildman–Crippen MR) is 61.8 cm³/mol. The van der Waals surface area contributed by atoms with Gasteiger partial charge in [0.15, 0.2) is 0 Å². The highest BCUT2D eigenvalue weighted by atomic mass is 16.3. The smallest absolute Gasteiger partial charge is 0.141 e. The molecule has 0 aromatic heterocycles. The Hall–Kier alpha value is -1.78. The number of phenolic OH excluding ortho intramolecular Hbond substituents is 1. The summed E-state index contributed by atoms with van der Waals surface area (Å²) in [6.45, 7) is 0. The fourth-order valence-corrected chi connectivity index (χ4v) is 1.66. The lowest BCUT2D eigenvalue weighted by Gasteiger charge is -2.25. The minimum absolute atomic E-state index is 0.0663. The highest BCUT2D eigenvalue weighted by molar-refractivity contribution is 5.40. The number of rotatable bonds is 1. The van der Waals surface area contributed by atoms with E-state index < -0.39 is 5.66 Å². The van der Waals surface area contributed by atoms with Crippen molar-refractivity contribution in [3.8, 4) is 5.75 Å². The average molecular weight is 218 g/mol. The molecule has 0 heterocycles. The molecule has 6 N–H and O–H groups in total. The van der Waals surface area contributed by atoms with Crippen molar-refractivity contribution in [1.29, 1.82) is 0 Å². The molecule has 0 fully saturated rings. The molecular formula is C12H14N2O2. The van der Waals surface area contributed by atoms with Crippen molar-refractivity contribution in [2.45, 2.75) is 11.6 Å².